The Labute approximate surface area is 135 Å². The highest BCUT2D eigenvalue weighted by atomic mass is 16.2. The van der Waals surface area contributed by atoms with E-state index in [9.17, 15) is 9.59 Å². The summed E-state index contributed by atoms with van der Waals surface area (Å²) < 4.78 is 0. The van der Waals surface area contributed by atoms with Crippen LogP contribution in [0.5, 0.6) is 0 Å². The zero-order valence-corrected chi connectivity index (χ0v) is 13.1. The van der Waals surface area contributed by atoms with Crippen molar-refractivity contribution in [2.75, 3.05) is 37.6 Å². The van der Waals surface area contributed by atoms with Crippen LogP contribution in [0, 0.1) is 5.92 Å². The summed E-state index contributed by atoms with van der Waals surface area (Å²) in [4.78, 5) is 28.0. The number of benzene rings is 1. The zero-order chi connectivity index (χ0) is 15.8. The summed E-state index contributed by atoms with van der Waals surface area (Å²) in [5.74, 6) is 0.850. The molecule has 3 heterocycles. The molecule has 2 N–H and O–H groups in total. The summed E-state index contributed by atoms with van der Waals surface area (Å²) in [6, 6.07) is 8.11. The molecule has 0 aliphatic carbocycles. The van der Waals surface area contributed by atoms with Crippen molar-refractivity contribution in [1.82, 2.24) is 15.5 Å². The molecule has 6 nitrogen and oxygen atoms in total. The molecule has 3 aliphatic heterocycles. The van der Waals surface area contributed by atoms with Gasteiger partial charge in [-0.25, -0.2) is 4.79 Å². The standard InChI is InChI=1S/C17H22N4O2/c22-16(21-7-5-13-10-18-11-15(13)21)9-12-1-3-14(4-2-12)20-8-6-19-17(20)23/h1-4,13,15,18H,5-11H2,(H,19,23). The number of carbonyl (C=O) groups is 2. The predicted octanol–water partition coefficient (Wildman–Crippen LogP) is 0.579. The largest absolute Gasteiger partial charge is 0.338 e. The third kappa shape index (κ3) is 2.67. The molecular weight excluding hydrogens is 292 g/mol. The lowest BCUT2D eigenvalue weighted by Crippen LogP contribution is -2.39. The average Bonchev–Trinajstić information content (AvgIpc) is 3.24. The first-order valence-electron chi connectivity index (χ1n) is 8.37. The number of nitrogens with zero attached hydrogens (tertiary/aromatic N) is 2. The van der Waals surface area contributed by atoms with Crippen LogP contribution < -0.4 is 15.5 Å². The number of rotatable bonds is 3. The fraction of sp³-hybridized carbons (Fsp3) is 0.529. The second-order valence-corrected chi connectivity index (χ2v) is 6.59. The fourth-order valence-electron chi connectivity index (χ4n) is 3.95. The molecule has 4 rings (SSSR count). The lowest BCUT2D eigenvalue weighted by Gasteiger charge is -2.23. The van der Waals surface area contributed by atoms with E-state index in [-0.39, 0.29) is 11.9 Å². The van der Waals surface area contributed by atoms with Crippen molar-refractivity contribution in [1.29, 1.82) is 0 Å². The third-order valence-corrected chi connectivity index (χ3v) is 5.23. The molecule has 0 radical (unpaired) electrons. The summed E-state index contributed by atoms with van der Waals surface area (Å²) in [6.07, 6.45) is 1.56. The highest BCUT2D eigenvalue weighted by molar-refractivity contribution is 5.94. The van der Waals surface area contributed by atoms with Crippen LogP contribution in [0.25, 0.3) is 0 Å². The molecule has 6 heteroatoms. The quantitative estimate of drug-likeness (QED) is 0.858. The van der Waals surface area contributed by atoms with E-state index in [0.717, 1.165) is 37.3 Å². The molecule has 3 amide bonds. The molecule has 23 heavy (non-hydrogen) atoms. The van der Waals surface area contributed by atoms with Gasteiger partial charge in [0, 0.05) is 44.5 Å². The normalized spacial score (nSPS) is 26.5. The lowest BCUT2D eigenvalue weighted by molar-refractivity contribution is -0.131. The SMILES string of the molecule is O=C1NCCN1c1ccc(CC(=O)N2CCC3CNCC32)cc1. The van der Waals surface area contributed by atoms with Crippen LogP contribution >= 0.6 is 0 Å². The van der Waals surface area contributed by atoms with Crippen LogP contribution in [-0.4, -0.2) is 55.6 Å². The maximum Gasteiger partial charge on any atom is 0.321 e. The maximum atomic E-state index is 12.6. The van der Waals surface area contributed by atoms with Gasteiger partial charge in [0.05, 0.1) is 6.42 Å². The van der Waals surface area contributed by atoms with Gasteiger partial charge in [0.1, 0.15) is 0 Å². The molecule has 2 unspecified atom stereocenters. The summed E-state index contributed by atoms with van der Waals surface area (Å²) in [5.41, 5.74) is 1.89. The number of nitrogens with one attached hydrogen (secondary N) is 2. The summed E-state index contributed by atoms with van der Waals surface area (Å²) in [7, 11) is 0. The Balaban J connectivity index is 1.41. The molecule has 3 fully saturated rings. The number of anilines is 1. The van der Waals surface area contributed by atoms with E-state index < -0.39 is 0 Å². The first-order chi connectivity index (χ1) is 11.2. The molecule has 0 spiro atoms. The number of hydrogen-bond donors (Lipinski definition) is 2. The van der Waals surface area contributed by atoms with Crippen LogP contribution in [-0.2, 0) is 11.2 Å². The van der Waals surface area contributed by atoms with Crippen molar-refractivity contribution in [3.8, 4) is 0 Å². The van der Waals surface area contributed by atoms with Crippen molar-refractivity contribution in [2.45, 2.75) is 18.9 Å². The van der Waals surface area contributed by atoms with Crippen molar-refractivity contribution in [2.24, 2.45) is 5.92 Å². The monoisotopic (exact) mass is 314 g/mol. The van der Waals surface area contributed by atoms with Gasteiger partial charge in [-0.15, -0.1) is 0 Å². The van der Waals surface area contributed by atoms with Crippen LogP contribution in [0.15, 0.2) is 24.3 Å². The molecule has 1 aromatic carbocycles. The second-order valence-electron chi connectivity index (χ2n) is 6.59. The van der Waals surface area contributed by atoms with Gasteiger partial charge in [-0.1, -0.05) is 12.1 Å². The van der Waals surface area contributed by atoms with E-state index >= 15 is 0 Å². The minimum absolute atomic E-state index is 0.0503. The predicted molar refractivity (Wildman–Crippen MR) is 87.4 cm³/mol. The van der Waals surface area contributed by atoms with Crippen molar-refractivity contribution in [3.05, 3.63) is 29.8 Å². The van der Waals surface area contributed by atoms with Gasteiger partial charge in [0.2, 0.25) is 5.91 Å². The van der Waals surface area contributed by atoms with E-state index in [0.29, 0.717) is 31.5 Å². The first-order valence-corrected chi connectivity index (χ1v) is 8.37. The minimum Gasteiger partial charge on any atom is -0.338 e. The zero-order valence-electron chi connectivity index (χ0n) is 13.1. The molecule has 0 saturated carbocycles. The molecule has 122 valence electrons. The summed E-state index contributed by atoms with van der Waals surface area (Å²) in [6.45, 7) is 4.24. The van der Waals surface area contributed by atoms with Gasteiger partial charge < -0.3 is 15.5 Å². The van der Waals surface area contributed by atoms with Gasteiger partial charge in [-0.2, -0.15) is 0 Å². The Hall–Kier alpha value is -2.08. The Bertz CT molecular complexity index is 616. The molecule has 2 atom stereocenters. The van der Waals surface area contributed by atoms with E-state index in [1.165, 1.54) is 0 Å². The molecule has 0 aromatic heterocycles. The van der Waals surface area contributed by atoms with E-state index in [4.69, 9.17) is 0 Å². The van der Waals surface area contributed by atoms with Crippen molar-refractivity contribution in [3.63, 3.8) is 0 Å². The number of amides is 3. The van der Waals surface area contributed by atoms with E-state index in [2.05, 4.69) is 10.6 Å². The Morgan fingerprint density at radius 3 is 2.74 bits per heavy atom. The molecule has 0 bridgehead atoms. The number of likely N-dealkylation sites (tertiary alicyclic amines) is 1. The molecule has 3 saturated heterocycles. The topological polar surface area (TPSA) is 64.7 Å². The molecule has 1 aromatic rings. The van der Waals surface area contributed by atoms with Crippen LogP contribution in [0.2, 0.25) is 0 Å². The number of fused-ring (bicyclic) bond motifs is 1. The van der Waals surface area contributed by atoms with Gasteiger partial charge in [-0.05, 0) is 30.0 Å². The summed E-state index contributed by atoms with van der Waals surface area (Å²) >= 11 is 0. The van der Waals surface area contributed by atoms with Crippen molar-refractivity contribution >= 4 is 17.6 Å². The Morgan fingerprint density at radius 2 is 2.00 bits per heavy atom. The number of carbonyl (C=O) groups excluding carboxylic acids is 2. The third-order valence-electron chi connectivity index (χ3n) is 5.23. The molecular formula is C17H22N4O2. The smallest absolute Gasteiger partial charge is 0.321 e. The second kappa shape index (κ2) is 5.85. The highest BCUT2D eigenvalue weighted by Crippen LogP contribution is 2.28. The van der Waals surface area contributed by atoms with Crippen molar-refractivity contribution < 1.29 is 9.59 Å². The van der Waals surface area contributed by atoms with Crippen LogP contribution in [0.4, 0.5) is 10.5 Å². The van der Waals surface area contributed by atoms with Gasteiger partial charge in [0.15, 0.2) is 0 Å². The van der Waals surface area contributed by atoms with E-state index in [1.54, 1.807) is 4.90 Å². The number of hydrogen-bond acceptors (Lipinski definition) is 3. The first kappa shape index (κ1) is 14.5. The minimum atomic E-state index is -0.0503. The van der Waals surface area contributed by atoms with Gasteiger partial charge in [0.25, 0.3) is 0 Å². The fourth-order valence-corrected chi connectivity index (χ4v) is 3.95. The van der Waals surface area contributed by atoms with Gasteiger partial charge in [-0.3, -0.25) is 9.69 Å². The number of urea groups is 1. The van der Waals surface area contributed by atoms with Crippen LogP contribution in [0.1, 0.15) is 12.0 Å². The Morgan fingerprint density at radius 1 is 1.17 bits per heavy atom. The lowest BCUT2D eigenvalue weighted by atomic mass is 10.0. The molecule has 3 aliphatic rings. The maximum absolute atomic E-state index is 12.6. The Kier molecular flexibility index (Phi) is 3.69. The van der Waals surface area contributed by atoms with Crippen LogP contribution in [0.3, 0.4) is 0 Å². The van der Waals surface area contributed by atoms with E-state index in [1.807, 2.05) is 29.2 Å². The summed E-state index contributed by atoms with van der Waals surface area (Å²) in [5, 5.41) is 6.17. The van der Waals surface area contributed by atoms with Gasteiger partial charge >= 0.3 is 6.03 Å². The highest BCUT2D eigenvalue weighted by Gasteiger charge is 2.39. The average molecular weight is 314 g/mol.